The lowest BCUT2D eigenvalue weighted by Crippen LogP contribution is -2.48. The van der Waals surface area contributed by atoms with Gasteiger partial charge in [-0.15, -0.1) is 23.7 Å². The maximum Gasteiger partial charge on any atom is 0.180 e. The van der Waals surface area contributed by atoms with Crippen molar-refractivity contribution in [3.05, 3.63) is 11.1 Å². The quantitative estimate of drug-likeness (QED) is 0.911. The first-order valence-electron chi connectivity index (χ1n) is 7.55. The first-order valence-corrected chi connectivity index (χ1v) is 8.37. The Morgan fingerprint density at radius 3 is 2.81 bits per heavy atom. The van der Waals surface area contributed by atoms with Gasteiger partial charge in [0.1, 0.15) is 0 Å². The number of anilines is 1. The van der Waals surface area contributed by atoms with E-state index in [0.717, 1.165) is 32.8 Å². The number of aromatic nitrogens is 1. The van der Waals surface area contributed by atoms with Crippen molar-refractivity contribution in [2.45, 2.75) is 31.8 Å². The van der Waals surface area contributed by atoms with E-state index in [4.69, 9.17) is 10.5 Å². The number of ether oxygens (including phenoxy) is 1. The number of likely N-dealkylation sites (tertiary alicyclic amines) is 1. The Hall–Kier alpha value is -0.400. The highest BCUT2D eigenvalue weighted by Crippen LogP contribution is 2.23. The van der Waals surface area contributed by atoms with Crippen LogP contribution in [0.4, 0.5) is 5.13 Å². The summed E-state index contributed by atoms with van der Waals surface area (Å²) in [6, 6.07) is 0.671. The second-order valence-electron chi connectivity index (χ2n) is 5.70. The molecule has 0 spiro atoms. The van der Waals surface area contributed by atoms with Crippen molar-refractivity contribution in [3.63, 3.8) is 0 Å². The standard InChI is InChI=1S/C14H24N4OS.ClH/c15-14-16-9-13(20-14)11-18-4-2-1-3-12(18)10-17-5-7-19-8-6-17;/h9,12H,1-8,10-11H2,(H2,15,16);1H. The molecule has 0 radical (unpaired) electrons. The maximum absolute atomic E-state index is 5.73. The molecule has 2 N–H and O–H groups in total. The van der Waals surface area contributed by atoms with Crippen molar-refractivity contribution in [1.29, 1.82) is 0 Å². The molecule has 1 unspecified atom stereocenters. The summed E-state index contributed by atoms with van der Waals surface area (Å²) in [5, 5.41) is 0.682. The number of thiazole rings is 1. The number of nitrogens with two attached hydrogens (primary N) is 1. The van der Waals surface area contributed by atoms with Gasteiger partial charge in [-0.25, -0.2) is 4.98 Å². The average molecular weight is 333 g/mol. The lowest BCUT2D eigenvalue weighted by molar-refractivity contribution is 0.0154. The molecule has 1 aromatic heterocycles. The molecule has 120 valence electrons. The lowest BCUT2D eigenvalue weighted by atomic mass is 10.0. The van der Waals surface area contributed by atoms with E-state index in [1.165, 1.54) is 37.2 Å². The summed E-state index contributed by atoms with van der Waals surface area (Å²) in [6.07, 6.45) is 5.91. The van der Waals surface area contributed by atoms with Gasteiger partial charge in [0.25, 0.3) is 0 Å². The number of halogens is 1. The summed E-state index contributed by atoms with van der Waals surface area (Å²) < 4.78 is 5.44. The van der Waals surface area contributed by atoms with Gasteiger partial charge in [0.15, 0.2) is 5.13 Å². The number of rotatable bonds is 4. The molecule has 1 atom stereocenters. The molecule has 0 bridgehead atoms. The summed E-state index contributed by atoms with van der Waals surface area (Å²) in [5.41, 5.74) is 5.73. The largest absolute Gasteiger partial charge is 0.379 e. The van der Waals surface area contributed by atoms with Gasteiger partial charge in [0.05, 0.1) is 13.2 Å². The fraction of sp³-hybridized carbons (Fsp3) is 0.786. The van der Waals surface area contributed by atoms with Gasteiger partial charge < -0.3 is 10.5 Å². The molecule has 21 heavy (non-hydrogen) atoms. The van der Waals surface area contributed by atoms with E-state index in [9.17, 15) is 0 Å². The summed E-state index contributed by atoms with van der Waals surface area (Å²) >= 11 is 1.62. The van der Waals surface area contributed by atoms with E-state index >= 15 is 0 Å². The normalized spacial score (nSPS) is 24.7. The molecule has 3 heterocycles. The zero-order valence-electron chi connectivity index (χ0n) is 12.4. The summed E-state index contributed by atoms with van der Waals surface area (Å²) in [4.78, 5) is 10.6. The summed E-state index contributed by atoms with van der Waals surface area (Å²) in [6.45, 7) is 7.32. The third-order valence-electron chi connectivity index (χ3n) is 4.25. The second kappa shape index (κ2) is 8.29. The van der Waals surface area contributed by atoms with Crippen LogP contribution >= 0.6 is 23.7 Å². The molecule has 2 aliphatic heterocycles. The van der Waals surface area contributed by atoms with E-state index in [-0.39, 0.29) is 12.4 Å². The minimum Gasteiger partial charge on any atom is -0.379 e. The Kier molecular flexibility index (Phi) is 6.70. The number of hydrogen-bond donors (Lipinski definition) is 1. The Morgan fingerprint density at radius 1 is 1.29 bits per heavy atom. The van der Waals surface area contributed by atoms with Gasteiger partial charge in [0, 0.05) is 43.3 Å². The van der Waals surface area contributed by atoms with Crippen LogP contribution in [0.5, 0.6) is 0 Å². The molecule has 2 fully saturated rings. The van der Waals surface area contributed by atoms with Crippen LogP contribution in [0.15, 0.2) is 6.20 Å². The Morgan fingerprint density at radius 2 is 2.10 bits per heavy atom. The van der Waals surface area contributed by atoms with Crippen molar-refractivity contribution in [2.75, 3.05) is 45.1 Å². The van der Waals surface area contributed by atoms with Gasteiger partial charge in [0.2, 0.25) is 0 Å². The molecule has 0 saturated carbocycles. The van der Waals surface area contributed by atoms with E-state index in [0.29, 0.717) is 11.2 Å². The molecular formula is C14H25ClN4OS. The number of nitrogens with zero attached hydrogens (tertiary/aromatic N) is 3. The summed E-state index contributed by atoms with van der Waals surface area (Å²) in [7, 11) is 0. The average Bonchev–Trinajstić information content (AvgIpc) is 2.88. The number of hydrogen-bond acceptors (Lipinski definition) is 6. The Bertz CT molecular complexity index is 425. The van der Waals surface area contributed by atoms with Gasteiger partial charge in [-0.3, -0.25) is 9.80 Å². The van der Waals surface area contributed by atoms with Gasteiger partial charge in [-0.2, -0.15) is 0 Å². The highest BCUT2D eigenvalue weighted by atomic mass is 35.5. The van der Waals surface area contributed by atoms with E-state index in [2.05, 4.69) is 14.8 Å². The van der Waals surface area contributed by atoms with Crippen molar-refractivity contribution in [1.82, 2.24) is 14.8 Å². The highest BCUT2D eigenvalue weighted by molar-refractivity contribution is 7.15. The second-order valence-corrected chi connectivity index (χ2v) is 6.84. The van der Waals surface area contributed by atoms with Crippen molar-refractivity contribution in [3.8, 4) is 0 Å². The SMILES string of the molecule is Cl.Nc1ncc(CN2CCCCC2CN2CCOCC2)s1. The molecular weight excluding hydrogens is 308 g/mol. The molecule has 0 aliphatic carbocycles. The van der Waals surface area contributed by atoms with Gasteiger partial charge in [-0.05, 0) is 19.4 Å². The number of nitrogen functional groups attached to an aromatic ring is 1. The molecule has 5 nitrogen and oxygen atoms in total. The van der Waals surface area contributed by atoms with E-state index < -0.39 is 0 Å². The highest BCUT2D eigenvalue weighted by Gasteiger charge is 2.25. The third kappa shape index (κ3) is 4.79. The Balaban J connectivity index is 0.00000161. The predicted molar refractivity (Wildman–Crippen MR) is 89.1 cm³/mol. The van der Waals surface area contributed by atoms with Crippen LogP contribution in [0, 0.1) is 0 Å². The first-order chi connectivity index (χ1) is 9.81. The van der Waals surface area contributed by atoms with Crippen molar-refractivity contribution >= 4 is 28.9 Å². The fourth-order valence-corrected chi connectivity index (χ4v) is 3.86. The fourth-order valence-electron chi connectivity index (χ4n) is 3.15. The van der Waals surface area contributed by atoms with Crippen LogP contribution in [-0.2, 0) is 11.3 Å². The molecule has 2 aliphatic rings. The molecule has 0 amide bonds. The molecule has 1 aromatic rings. The predicted octanol–water partition coefficient (Wildman–Crippen LogP) is 1.83. The topological polar surface area (TPSA) is 54.6 Å². The zero-order chi connectivity index (χ0) is 13.8. The van der Waals surface area contributed by atoms with Crippen LogP contribution in [-0.4, -0.2) is 60.2 Å². The number of morpholine rings is 1. The zero-order valence-corrected chi connectivity index (χ0v) is 14.0. The van der Waals surface area contributed by atoms with E-state index in [1.54, 1.807) is 11.3 Å². The maximum atomic E-state index is 5.73. The van der Waals surface area contributed by atoms with Crippen LogP contribution in [0.25, 0.3) is 0 Å². The Labute approximate surface area is 136 Å². The molecule has 2 saturated heterocycles. The smallest absolute Gasteiger partial charge is 0.180 e. The first kappa shape index (κ1) is 17.0. The molecule has 0 aromatic carbocycles. The van der Waals surface area contributed by atoms with Crippen LogP contribution in [0.3, 0.4) is 0 Å². The number of piperidine rings is 1. The molecule has 7 heteroatoms. The van der Waals surface area contributed by atoms with Gasteiger partial charge in [-0.1, -0.05) is 6.42 Å². The van der Waals surface area contributed by atoms with Crippen molar-refractivity contribution in [2.24, 2.45) is 0 Å². The summed E-state index contributed by atoms with van der Waals surface area (Å²) in [5.74, 6) is 0. The van der Waals surface area contributed by atoms with Crippen LogP contribution in [0.1, 0.15) is 24.1 Å². The molecule has 3 rings (SSSR count). The minimum absolute atomic E-state index is 0. The van der Waals surface area contributed by atoms with Crippen LogP contribution in [0.2, 0.25) is 0 Å². The minimum atomic E-state index is 0. The van der Waals surface area contributed by atoms with Gasteiger partial charge >= 0.3 is 0 Å². The monoisotopic (exact) mass is 332 g/mol. The lowest BCUT2D eigenvalue weighted by Gasteiger charge is -2.39. The van der Waals surface area contributed by atoms with E-state index in [1.807, 2.05) is 6.20 Å². The van der Waals surface area contributed by atoms with Crippen molar-refractivity contribution < 1.29 is 4.74 Å². The third-order valence-corrected chi connectivity index (χ3v) is 5.06. The van der Waals surface area contributed by atoms with Crippen LogP contribution < -0.4 is 5.73 Å².